The third-order valence-corrected chi connectivity index (χ3v) is 5.64. The molecule has 3 rings (SSSR count). The Morgan fingerprint density at radius 2 is 1.90 bits per heavy atom. The highest BCUT2D eigenvalue weighted by molar-refractivity contribution is 8.18. The molecule has 0 spiro atoms. The molecule has 1 N–H and O–H groups in total. The molecule has 2 aromatic rings. The number of thioether (sulfide) groups is 1. The van der Waals surface area contributed by atoms with Gasteiger partial charge in [0, 0.05) is 18.1 Å². The van der Waals surface area contributed by atoms with Crippen LogP contribution in [0.5, 0.6) is 11.5 Å². The lowest BCUT2D eigenvalue weighted by Crippen LogP contribution is -2.38. The van der Waals surface area contributed by atoms with Crippen LogP contribution < -0.4 is 14.8 Å². The molecule has 162 valence electrons. The number of halogens is 2. The zero-order valence-corrected chi connectivity index (χ0v) is 18.7. The molecule has 0 aliphatic carbocycles. The predicted molar refractivity (Wildman–Crippen MR) is 121 cm³/mol. The van der Waals surface area contributed by atoms with Crippen LogP contribution in [0.4, 0.5) is 4.79 Å². The van der Waals surface area contributed by atoms with Gasteiger partial charge in [0.25, 0.3) is 17.1 Å². The molecule has 31 heavy (non-hydrogen) atoms. The van der Waals surface area contributed by atoms with Crippen LogP contribution in [0.2, 0.25) is 10.0 Å². The summed E-state index contributed by atoms with van der Waals surface area (Å²) in [5, 5.41) is 2.97. The third-order valence-electron chi connectivity index (χ3n) is 4.20. The highest BCUT2D eigenvalue weighted by Gasteiger charge is 2.34. The van der Waals surface area contributed by atoms with E-state index in [1.54, 1.807) is 49.6 Å². The van der Waals surface area contributed by atoms with Gasteiger partial charge in [-0.05, 0) is 53.7 Å². The summed E-state index contributed by atoms with van der Waals surface area (Å²) in [5.74, 6) is 0.218. The maximum atomic E-state index is 12.5. The van der Waals surface area contributed by atoms with Gasteiger partial charge in [-0.15, -0.1) is 0 Å². The van der Waals surface area contributed by atoms with Crippen molar-refractivity contribution in [1.82, 2.24) is 10.2 Å². The first-order valence-corrected chi connectivity index (χ1v) is 10.7. The van der Waals surface area contributed by atoms with E-state index in [-0.39, 0.29) is 24.9 Å². The molecule has 0 radical (unpaired) electrons. The van der Waals surface area contributed by atoms with Crippen molar-refractivity contribution in [3.63, 3.8) is 0 Å². The van der Waals surface area contributed by atoms with E-state index < -0.39 is 11.8 Å². The molecule has 0 aromatic heterocycles. The fourth-order valence-corrected chi connectivity index (χ4v) is 3.97. The first-order chi connectivity index (χ1) is 14.9. The largest absolute Gasteiger partial charge is 0.497 e. The van der Waals surface area contributed by atoms with Gasteiger partial charge in [0.05, 0.1) is 17.0 Å². The molecular weight excluding hydrogens is 463 g/mol. The maximum Gasteiger partial charge on any atom is 0.293 e. The third kappa shape index (κ3) is 6.16. The first kappa shape index (κ1) is 23.0. The number of imide groups is 1. The van der Waals surface area contributed by atoms with Gasteiger partial charge in [0.1, 0.15) is 11.5 Å². The van der Waals surface area contributed by atoms with Crippen molar-refractivity contribution in [1.29, 1.82) is 0 Å². The Kier molecular flexibility index (Phi) is 7.84. The van der Waals surface area contributed by atoms with Gasteiger partial charge in [0.2, 0.25) is 0 Å². The lowest BCUT2D eigenvalue weighted by molar-refractivity contribution is -0.125. The Morgan fingerprint density at radius 3 is 2.58 bits per heavy atom. The standard InChI is InChI=1S/C21H18Cl2N2O5S/c1-29-15-5-2-13(3-6-15)10-18-20(27)25(21(28)31-18)9-8-24-19(26)12-30-17-7-4-14(22)11-16(17)23/h2-7,10-11H,8-9,12H2,1H3,(H,24,26). The molecule has 1 aliphatic heterocycles. The fraction of sp³-hybridized carbons (Fsp3) is 0.190. The molecule has 3 amide bonds. The zero-order valence-electron chi connectivity index (χ0n) is 16.4. The highest BCUT2D eigenvalue weighted by Crippen LogP contribution is 2.32. The second kappa shape index (κ2) is 10.6. The van der Waals surface area contributed by atoms with Crippen molar-refractivity contribution < 1.29 is 23.9 Å². The minimum atomic E-state index is -0.410. The molecule has 1 heterocycles. The first-order valence-electron chi connectivity index (χ1n) is 9.11. The number of benzene rings is 2. The number of ether oxygens (including phenoxy) is 2. The Labute approximate surface area is 193 Å². The highest BCUT2D eigenvalue weighted by atomic mass is 35.5. The molecule has 1 aliphatic rings. The van der Waals surface area contributed by atoms with Crippen LogP contribution in [-0.2, 0) is 9.59 Å². The lowest BCUT2D eigenvalue weighted by Gasteiger charge is -2.13. The Bertz CT molecular complexity index is 1030. The SMILES string of the molecule is COc1ccc(C=C2SC(=O)N(CCNC(=O)COc3ccc(Cl)cc3Cl)C2=O)cc1. The van der Waals surface area contributed by atoms with Crippen molar-refractivity contribution in [2.45, 2.75) is 0 Å². The van der Waals surface area contributed by atoms with Crippen LogP contribution in [0, 0.1) is 0 Å². The van der Waals surface area contributed by atoms with Gasteiger partial charge < -0.3 is 14.8 Å². The summed E-state index contributed by atoms with van der Waals surface area (Å²) < 4.78 is 10.4. The quantitative estimate of drug-likeness (QED) is 0.568. The van der Waals surface area contributed by atoms with E-state index in [4.69, 9.17) is 32.7 Å². The molecule has 0 atom stereocenters. The molecule has 0 unspecified atom stereocenters. The lowest BCUT2D eigenvalue weighted by atomic mass is 10.2. The molecule has 2 aromatic carbocycles. The summed E-state index contributed by atoms with van der Waals surface area (Å²) in [5.41, 5.74) is 0.776. The maximum absolute atomic E-state index is 12.5. The Balaban J connectivity index is 1.48. The molecule has 1 fully saturated rings. The van der Waals surface area contributed by atoms with Gasteiger partial charge in [0.15, 0.2) is 6.61 Å². The molecule has 0 bridgehead atoms. The van der Waals surface area contributed by atoms with Gasteiger partial charge >= 0.3 is 0 Å². The van der Waals surface area contributed by atoms with Crippen LogP contribution in [0.15, 0.2) is 47.4 Å². The van der Waals surface area contributed by atoms with Crippen LogP contribution in [-0.4, -0.2) is 48.8 Å². The Morgan fingerprint density at radius 1 is 1.16 bits per heavy atom. The number of nitrogens with one attached hydrogen (secondary N) is 1. The number of hydrogen-bond donors (Lipinski definition) is 1. The minimum Gasteiger partial charge on any atom is -0.497 e. The monoisotopic (exact) mass is 480 g/mol. The molecule has 1 saturated heterocycles. The van der Waals surface area contributed by atoms with E-state index in [0.29, 0.717) is 26.4 Å². The van der Waals surface area contributed by atoms with Crippen molar-refractivity contribution >= 4 is 58.1 Å². The van der Waals surface area contributed by atoms with E-state index in [0.717, 1.165) is 22.2 Å². The number of hydrogen-bond acceptors (Lipinski definition) is 6. The average Bonchev–Trinajstić information content (AvgIpc) is 3.01. The summed E-state index contributed by atoms with van der Waals surface area (Å²) in [6, 6.07) is 11.8. The van der Waals surface area contributed by atoms with E-state index >= 15 is 0 Å². The van der Waals surface area contributed by atoms with Crippen LogP contribution in [0.1, 0.15) is 5.56 Å². The molecule has 10 heteroatoms. The van der Waals surface area contributed by atoms with E-state index in [1.165, 1.54) is 6.07 Å². The second-order valence-corrected chi connectivity index (χ2v) is 8.16. The number of methoxy groups -OCH3 is 1. The molecule has 0 saturated carbocycles. The molecular formula is C21H18Cl2N2O5S. The number of nitrogens with zero attached hydrogens (tertiary/aromatic N) is 1. The van der Waals surface area contributed by atoms with E-state index in [1.807, 2.05) is 0 Å². The smallest absolute Gasteiger partial charge is 0.293 e. The van der Waals surface area contributed by atoms with Crippen molar-refractivity contribution in [2.75, 3.05) is 26.8 Å². The number of amides is 3. The van der Waals surface area contributed by atoms with Gasteiger partial charge in [-0.3, -0.25) is 19.3 Å². The second-order valence-electron chi connectivity index (χ2n) is 6.32. The van der Waals surface area contributed by atoms with Gasteiger partial charge in [-0.2, -0.15) is 0 Å². The van der Waals surface area contributed by atoms with Crippen LogP contribution in [0.3, 0.4) is 0 Å². The van der Waals surface area contributed by atoms with Crippen LogP contribution in [0.25, 0.3) is 6.08 Å². The summed E-state index contributed by atoms with van der Waals surface area (Å²) >= 11 is 12.7. The number of carbonyl (C=O) groups is 3. The summed E-state index contributed by atoms with van der Waals surface area (Å²) in [6.45, 7) is -0.108. The van der Waals surface area contributed by atoms with E-state index in [9.17, 15) is 14.4 Å². The van der Waals surface area contributed by atoms with Gasteiger partial charge in [-0.1, -0.05) is 35.3 Å². The van der Waals surface area contributed by atoms with Crippen molar-refractivity contribution in [3.05, 3.63) is 63.0 Å². The van der Waals surface area contributed by atoms with Crippen molar-refractivity contribution in [3.8, 4) is 11.5 Å². The Hall–Kier alpha value is -2.68. The topological polar surface area (TPSA) is 84.9 Å². The van der Waals surface area contributed by atoms with Crippen molar-refractivity contribution in [2.24, 2.45) is 0 Å². The summed E-state index contributed by atoms with van der Waals surface area (Å²) in [4.78, 5) is 38.1. The minimum absolute atomic E-state index is 0.0536. The number of rotatable bonds is 8. The number of carbonyl (C=O) groups excluding carboxylic acids is 3. The zero-order chi connectivity index (χ0) is 22.4. The summed E-state index contributed by atoms with van der Waals surface area (Å²) in [7, 11) is 1.57. The fourth-order valence-electron chi connectivity index (χ4n) is 2.64. The normalized spacial score (nSPS) is 14.8. The van der Waals surface area contributed by atoms with Gasteiger partial charge in [-0.25, -0.2) is 0 Å². The van der Waals surface area contributed by atoms with E-state index in [2.05, 4.69) is 5.32 Å². The van der Waals surface area contributed by atoms with Crippen LogP contribution >= 0.6 is 35.0 Å². The predicted octanol–water partition coefficient (Wildman–Crippen LogP) is 4.23. The average molecular weight is 481 g/mol. The molecule has 7 nitrogen and oxygen atoms in total. The summed E-state index contributed by atoms with van der Waals surface area (Å²) in [6.07, 6.45) is 1.65.